The maximum atomic E-state index is 6.89. The van der Waals surface area contributed by atoms with Gasteiger partial charge in [-0.25, -0.2) is 0 Å². The Labute approximate surface area is 210 Å². The summed E-state index contributed by atoms with van der Waals surface area (Å²) in [5, 5.41) is 5.01. The molecule has 0 spiro atoms. The van der Waals surface area contributed by atoms with Gasteiger partial charge in [0.1, 0.15) is 0 Å². The monoisotopic (exact) mass is 496 g/mol. The summed E-state index contributed by atoms with van der Waals surface area (Å²) in [6, 6.07) is 16.8. The van der Waals surface area contributed by atoms with Crippen LogP contribution in [-0.2, 0) is 0 Å². The highest BCUT2D eigenvalue weighted by Gasteiger charge is 2.41. The summed E-state index contributed by atoms with van der Waals surface area (Å²) in [5.41, 5.74) is 3.10. The Morgan fingerprint density at radius 3 is 2.52 bits per heavy atom. The molecule has 0 saturated carbocycles. The van der Waals surface area contributed by atoms with E-state index in [9.17, 15) is 0 Å². The Balaban J connectivity index is 1.51. The lowest BCUT2D eigenvalue weighted by atomic mass is 9.91. The smallest absolute Gasteiger partial charge is 0.174 e. The predicted octanol–water partition coefficient (Wildman–Crippen LogP) is 6.76. The lowest BCUT2D eigenvalue weighted by molar-refractivity contribution is 0.357. The van der Waals surface area contributed by atoms with Crippen LogP contribution < -0.4 is 15.1 Å². The van der Waals surface area contributed by atoms with E-state index < -0.39 is 0 Å². The summed E-state index contributed by atoms with van der Waals surface area (Å²) in [4.78, 5) is 11.8. The molecule has 1 N–H and O–H groups in total. The summed E-state index contributed by atoms with van der Waals surface area (Å²) in [7, 11) is 0. The minimum Gasteiger partial charge on any atom is -0.370 e. The first-order valence-corrected chi connectivity index (χ1v) is 13.1. The highest BCUT2D eigenvalue weighted by molar-refractivity contribution is 7.80. The van der Waals surface area contributed by atoms with Gasteiger partial charge in [-0.2, -0.15) is 0 Å². The van der Waals surface area contributed by atoms with Gasteiger partial charge in [0, 0.05) is 34.7 Å². The van der Waals surface area contributed by atoms with Gasteiger partial charge >= 0.3 is 0 Å². The van der Waals surface area contributed by atoms with Crippen LogP contribution in [0.3, 0.4) is 0 Å². The van der Waals surface area contributed by atoms with Gasteiger partial charge in [0.05, 0.1) is 28.5 Å². The molecule has 7 heteroatoms. The van der Waals surface area contributed by atoms with E-state index in [1.807, 2.05) is 18.3 Å². The van der Waals surface area contributed by atoms with E-state index in [-0.39, 0.29) is 12.1 Å². The molecule has 33 heavy (non-hydrogen) atoms. The Bertz CT molecular complexity index is 1140. The van der Waals surface area contributed by atoms with E-state index >= 15 is 0 Å². The number of thiophene rings is 1. The van der Waals surface area contributed by atoms with Gasteiger partial charge in [-0.3, -0.25) is 4.98 Å². The van der Waals surface area contributed by atoms with Crippen molar-refractivity contribution in [1.29, 1.82) is 0 Å². The van der Waals surface area contributed by atoms with Gasteiger partial charge < -0.3 is 15.1 Å². The minimum absolute atomic E-state index is 0.0167. The third-order valence-electron chi connectivity index (χ3n) is 6.57. The van der Waals surface area contributed by atoms with Gasteiger partial charge in [-0.15, -0.1) is 11.3 Å². The van der Waals surface area contributed by atoms with Crippen molar-refractivity contribution >= 4 is 51.6 Å². The summed E-state index contributed by atoms with van der Waals surface area (Å²) >= 11 is 14.6. The fraction of sp³-hybridized carbons (Fsp3) is 0.385. The highest BCUT2D eigenvalue weighted by atomic mass is 35.5. The Morgan fingerprint density at radius 1 is 1.09 bits per heavy atom. The molecule has 2 aliphatic rings. The molecule has 172 valence electrons. The molecule has 1 aromatic carbocycles. The Hall–Kier alpha value is -2.15. The van der Waals surface area contributed by atoms with Gasteiger partial charge in [0.15, 0.2) is 5.11 Å². The highest BCUT2D eigenvalue weighted by Crippen LogP contribution is 2.45. The molecule has 2 fully saturated rings. The van der Waals surface area contributed by atoms with Crippen LogP contribution in [0.25, 0.3) is 0 Å². The molecule has 2 saturated heterocycles. The van der Waals surface area contributed by atoms with E-state index in [1.165, 1.54) is 16.2 Å². The molecular weight excluding hydrogens is 468 g/mol. The molecule has 0 radical (unpaired) electrons. The lowest BCUT2D eigenvalue weighted by Crippen LogP contribution is -2.38. The topological polar surface area (TPSA) is 31.4 Å². The van der Waals surface area contributed by atoms with Crippen molar-refractivity contribution in [2.45, 2.75) is 39.3 Å². The summed E-state index contributed by atoms with van der Waals surface area (Å²) < 4.78 is 0. The summed E-state index contributed by atoms with van der Waals surface area (Å²) in [5.74, 6) is 1.34. The number of hydrogen-bond acceptors (Lipinski definition) is 4. The molecule has 2 aromatic heterocycles. The number of halogens is 1. The molecule has 4 atom stereocenters. The zero-order chi connectivity index (χ0) is 23.1. The molecule has 5 rings (SSSR count). The number of benzene rings is 1. The standard InChI is InChI=1S/C26H29ClN4S2/c1-16-12-17(2)15-30(14-16)22-9-8-19(13-20(22)27)31-25(23-10-7-18(3)33-23)24(29-26(31)32)21-6-4-5-11-28-21/h4-11,13,16-17,24-25H,12,14-15H2,1-3H3,(H,29,32)/t16-,17+,24-,25+/m1/s1. The zero-order valence-corrected chi connectivity index (χ0v) is 21.6. The van der Waals surface area contributed by atoms with Gasteiger partial charge in [-0.05, 0) is 79.9 Å². The minimum atomic E-state index is -0.0287. The molecule has 0 amide bonds. The molecule has 2 aliphatic heterocycles. The largest absolute Gasteiger partial charge is 0.370 e. The number of aryl methyl sites for hydroxylation is 1. The lowest BCUT2D eigenvalue weighted by Gasteiger charge is -2.37. The number of thiocarbonyl (C=S) groups is 1. The van der Waals surface area contributed by atoms with Crippen LogP contribution in [0.5, 0.6) is 0 Å². The number of hydrogen-bond donors (Lipinski definition) is 1. The SMILES string of the molecule is Cc1ccc([C@H]2[C@@H](c3ccccn3)NC(=S)N2c2ccc(N3C[C@H](C)C[C@H](C)C3)c(Cl)c2)s1. The number of nitrogens with zero attached hydrogens (tertiary/aromatic N) is 3. The van der Waals surface area contributed by atoms with Crippen LogP contribution in [0.4, 0.5) is 11.4 Å². The third-order valence-corrected chi connectivity index (χ3v) is 8.26. The van der Waals surface area contributed by atoms with E-state index in [0.717, 1.165) is 35.2 Å². The van der Waals surface area contributed by atoms with E-state index in [1.54, 1.807) is 11.3 Å². The molecule has 0 bridgehead atoms. The van der Waals surface area contributed by atoms with Crippen molar-refractivity contribution in [1.82, 2.24) is 10.3 Å². The maximum Gasteiger partial charge on any atom is 0.174 e. The fourth-order valence-corrected chi connectivity index (χ4v) is 6.94. The number of pyridine rings is 1. The maximum absolute atomic E-state index is 6.89. The second kappa shape index (κ2) is 9.24. The number of aromatic nitrogens is 1. The quantitative estimate of drug-likeness (QED) is 0.403. The average Bonchev–Trinajstić information content (AvgIpc) is 3.36. The second-order valence-electron chi connectivity index (χ2n) is 9.43. The zero-order valence-electron chi connectivity index (χ0n) is 19.2. The fourth-order valence-electron chi connectivity index (χ4n) is 5.30. The van der Waals surface area contributed by atoms with Gasteiger partial charge in [0.25, 0.3) is 0 Å². The third kappa shape index (κ3) is 4.48. The van der Waals surface area contributed by atoms with E-state index in [2.05, 4.69) is 77.3 Å². The second-order valence-corrected chi connectivity index (χ2v) is 11.5. The Morgan fingerprint density at radius 2 is 1.88 bits per heavy atom. The molecular formula is C26H29ClN4S2. The van der Waals surface area contributed by atoms with Crippen LogP contribution >= 0.6 is 35.2 Å². The van der Waals surface area contributed by atoms with Gasteiger partial charge in [0.2, 0.25) is 0 Å². The van der Waals surface area contributed by atoms with Crippen LogP contribution in [-0.4, -0.2) is 23.2 Å². The van der Waals surface area contributed by atoms with Crippen LogP contribution in [0.1, 0.15) is 47.8 Å². The summed E-state index contributed by atoms with van der Waals surface area (Å²) in [6.07, 6.45) is 3.11. The van der Waals surface area contributed by atoms with Crippen molar-refractivity contribution in [3.63, 3.8) is 0 Å². The Kier molecular flexibility index (Phi) is 6.34. The number of piperidine rings is 1. The number of anilines is 2. The molecule has 4 heterocycles. The van der Waals surface area contributed by atoms with Crippen molar-refractivity contribution < 1.29 is 0 Å². The number of rotatable bonds is 4. The van der Waals surface area contributed by atoms with Crippen LogP contribution in [0, 0.1) is 18.8 Å². The molecule has 4 nitrogen and oxygen atoms in total. The first-order chi connectivity index (χ1) is 15.9. The first kappa shape index (κ1) is 22.6. The van der Waals surface area contributed by atoms with Crippen molar-refractivity contribution in [3.8, 4) is 0 Å². The van der Waals surface area contributed by atoms with Crippen molar-refractivity contribution in [2.75, 3.05) is 22.9 Å². The van der Waals surface area contributed by atoms with Crippen LogP contribution in [0.2, 0.25) is 5.02 Å². The predicted molar refractivity (Wildman–Crippen MR) is 144 cm³/mol. The molecule has 0 unspecified atom stereocenters. The number of nitrogens with one attached hydrogen (secondary N) is 1. The van der Waals surface area contributed by atoms with Gasteiger partial charge in [-0.1, -0.05) is 31.5 Å². The summed E-state index contributed by atoms with van der Waals surface area (Å²) in [6.45, 7) is 8.88. The van der Waals surface area contributed by atoms with Crippen LogP contribution in [0.15, 0.2) is 54.7 Å². The average molecular weight is 497 g/mol. The molecule has 3 aromatic rings. The van der Waals surface area contributed by atoms with Crippen molar-refractivity contribution in [3.05, 3.63) is 75.2 Å². The van der Waals surface area contributed by atoms with Crippen molar-refractivity contribution in [2.24, 2.45) is 11.8 Å². The van der Waals surface area contributed by atoms with E-state index in [4.69, 9.17) is 23.8 Å². The van der Waals surface area contributed by atoms with E-state index in [0.29, 0.717) is 16.9 Å². The first-order valence-electron chi connectivity index (χ1n) is 11.5. The normalized spacial score (nSPS) is 25.4. The molecule has 0 aliphatic carbocycles.